The van der Waals surface area contributed by atoms with Crippen molar-refractivity contribution in [1.29, 1.82) is 0 Å². The van der Waals surface area contributed by atoms with Gasteiger partial charge in [0.2, 0.25) is 0 Å². The molecule has 3 aromatic rings. The van der Waals surface area contributed by atoms with E-state index in [1.165, 1.54) is 12.8 Å². The molecule has 4 rings (SSSR count). The van der Waals surface area contributed by atoms with Crippen molar-refractivity contribution in [2.24, 2.45) is 0 Å². The molecule has 8 heteroatoms. The van der Waals surface area contributed by atoms with E-state index in [2.05, 4.69) is 14.9 Å². The zero-order valence-corrected chi connectivity index (χ0v) is 17.1. The van der Waals surface area contributed by atoms with Crippen molar-refractivity contribution in [1.82, 2.24) is 4.90 Å². The Kier molecular flexibility index (Phi) is 6.49. The van der Waals surface area contributed by atoms with Crippen LogP contribution in [0, 0.1) is 0 Å². The van der Waals surface area contributed by atoms with Gasteiger partial charge in [0.15, 0.2) is 5.58 Å². The standard InChI is InChI=1S/C20H23N3O3S.ClH/c24-27(25,18-6-2-1-3-7-18)22-17-14-16-8-13-26-20(16)19(15-17)21-9-12-23-10-4-5-11-23;/h1-3,6-8,13-15,21-22H,4-5,9-12H2;1H. The second-order valence-electron chi connectivity index (χ2n) is 6.76. The molecule has 1 fully saturated rings. The Bertz CT molecular complexity index is 1020. The van der Waals surface area contributed by atoms with Crippen LogP contribution in [-0.4, -0.2) is 39.5 Å². The number of hydrogen-bond donors (Lipinski definition) is 2. The van der Waals surface area contributed by atoms with Gasteiger partial charge in [-0.05, 0) is 56.3 Å². The van der Waals surface area contributed by atoms with Gasteiger partial charge >= 0.3 is 0 Å². The topological polar surface area (TPSA) is 74.6 Å². The second kappa shape index (κ2) is 8.86. The number of nitrogens with zero attached hydrogens (tertiary/aromatic N) is 1. The first kappa shape index (κ1) is 20.5. The first-order valence-corrected chi connectivity index (χ1v) is 10.7. The number of hydrogen-bond acceptors (Lipinski definition) is 5. The van der Waals surface area contributed by atoms with Crippen LogP contribution >= 0.6 is 12.4 Å². The maximum absolute atomic E-state index is 12.6. The largest absolute Gasteiger partial charge is 0.462 e. The van der Waals surface area contributed by atoms with Gasteiger partial charge in [-0.15, -0.1) is 12.4 Å². The van der Waals surface area contributed by atoms with Gasteiger partial charge in [-0.3, -0.25) is 4.72 Å². The van der Waals surface area contributed by atoms with Gasteiger partial charge in [0.1, 0.15) is 0 Å². The van der Waals surface area contributed by atoms with E-state index in [1.54, 1.807) is 48.7 Å². The minimum atomic E-state index is -3.63. The quantitative estimate of drug-likeness (QED) is 0.599. The zero-order valence-electron chi connectivity index (χ0n) is 15.4. The molecule has 1 aliphatic heterocycles. The van der Waals surface area contributed by atoms with Crippen LogP contribution in [0.3, 0.4) is 0 Å². The summed E-state index contributed by atoms with van der Waals surface area (Å²) in [5, 5.41) is 4.25. The molecular formula is C20H24ClN3O3S. The lowest BCUT2D eigenvalue weighted by Crippen LogP contribution is -2.26. The number of likely N-dealkylation sites (tertiary alicyclic amines) is 1. The summed E-state index contributed by atoms with van der Waals surface area (Å²) in [4.78, 5) is 2.66. The molecule has 2 heterocycles. The van der Waals surface area contributed by atoms with Gasteiger partial charge in [-0.2, -0.15) is 0 Å². The number of benzene rings is 2. The summed E-state index contributed by atoms with van der Waals surface area (Å²) < 4.78 is 33.5. The maximum atomic E-state index is 12.6. The van der Waals surface area contributed by atoms with Gasteiger partial charge < -0.3 is 14.6 Å². The van der Waals surface area contributed by atoms with Crippen LogP contribution in [0.2, 0.25) is 0 Å². The third kappa shape index (κ3) is 4.60. The van der Waals surface area contributed by atoms with Gasteiger partial charge in [0, 0.05) is 18.5 Å². The Morgan fingerprint density at radius 2 is 1.79 bits per heavy atom. The fourth-order valence-electron chi connectivity index (χ4n) is 3.44. The molecule has 1 aliphatic rings. The Labute approximate surface area is 171 Å². The van der Waals surface area contributed by atoms with E-state index in [4.69, 9.17) is 4.42 Å². The smallest absolute Gasteiger partial charge is 0.261 e. The third-order valence-corrected chi connectivity index (χ3v) is 6.20. The Morgan fingerprint density at radius 1 is 1.04 bits per heavy atom. The summed E-state index contributed by atoms with van der Waals surface area (Å²) in [6.07, 6.45) is 4.14. The minimum absolute atomic E-state index is 0. The number of furan rings is 1. The molecule has 0 radical (unpaired) electrons. The molecule has 28 heavy (non-hydrogen) atoms. The lowest BCUT2D eigenvalue weighted by Gasteiger charge is -2.16. The van der Waals surface area contributed by atoms with Crippen molar-refractivity contribution in [3.8, 4) is 0 Å². The highest BCUT2D eigenvalue weighted by Gasteiger charge is 2.16. The van der Waals surface area contributed by atoms with Crippen LogP contribution in [0.25, 0.3) is 11.0 Å². The predicted octanol–water partition coefficient (Wildman–Crippen LogP) is 4.16. The van der Waals surface area contributed by atoms with Crippen LogP contribution in [0.4, 0.5) is 11.4 Å². The molecule has 0 bridgehead atoms. The number of anilines is 2. The average Bonchev–Trinajstić information content (AvgIpc) is 3.34. The number of rotatable bonds is 7. The van der Waals surface area contributed by atoms with E-state index in [-0.39, 0.29) is 17.3 Å². The molecule has 0 amide bonds. The van der Waals surface area contributed by atoms with Crippen molar-refractivity contribution < 1.29 is 12.8 Å². The van der Waals surface area contributed by atoms with Gasteiger partial charge in [0.25, 0.3) is 10.0 Å². The van der Waals surface area contributed by atoms with E-state index >= 15 is 0 Å². The van der Waals surface area contributed by atoms with Gasteiger partial charge in [0.05, 0.1) is 22.5 Å². The van der Waals surface area contributed by atoms with Crippen molar-refractivity contribution in [2.75, 3.05) is 36.2 Å². The minimum Gasteiger partial charge on any atom is -0.462 e. The predicted molar refractivity (Wildman–Crippen MR) is 115 cm³/mol. The molecule has 1 saturated heterocycles. The summed E-state index contributed by atoms with van der Waals surface area (Å²) >= 11 is 0. The van der Waals surface area contributed by atoms with Crippen molar-refractivity contribution >= 4 is 44.8 Å². The van der Waals surface area contributed by atoms with Crippen LogP contribution in [0.15, 0.2) is 64.1 Å². The summed E-state index contributed by atoms with van der Waals surface area (Å²) in [5.41, 5.74) is 2.04. The van der Waals surface area contributed by atoms with Crippen LogP contribution in [0.1, 0.15) is 12.8 Å². The van der Waals surface area contributed by atoms with Crippen molar-refractivity contribution in [2.45, 2.75) is 17.7 Å². The van der Waals surface area contributed by atoms with E-state index in [0.717, 1.165) is 42.8 Å². The molecule has 0 unspecified atom stereocenters. The van der Waals surface area contributed by atoms with Gasteiger partial charge in [-0.1, -0.05) is 18.2 Å². The molecule has 150 valence electrons. The summed E-state index contributed by atoms with van der Waals surface area (Å²) in [5.74, 6) is 0. The highest BCUT2D eigenvalue weighted by atomic mass is 35.5. The lowest BCUT2D eigenvalue weighted by molar-refractivity contribution is 0.352. The summed E-state index contributed by atoms with van der Waals surface area (Å²) in [7, 11) is -3.63. The summed E-state index contributed by atoms with van der Waals surface area (Å²) in [6, 6.07) is 13.8. The number of fused-ring (bicyclic) bond motifs is 1. The first-order chi connectivity index (χ1) is 13.1. The second-order valence-corrected chi connectivity index (χ2v) is 8.44. The average molecular weight is 422 g/mol. The molecule has 0 spiro atoms. The lowest BCUT2D eigenvalue weighted by atomic mass is 10.2. The molecule has 1 aromatic heterocycles. The Morgan fingerprint density at radius 3 is 2.54 bits per heavy atom. The fraction of sp³-hybridized carbons (Fsp3) is 0.300. The number of nitrogens with one attached hydrogen (secondary N) is 2. The number of sulfonamides is 1. The molecule has 0 aliphatic carbocycles. The molecule has 6 nitrogen and oxygen atoms in total. The Balaban J connectivity index is 0.00000225. The van der Waals surface area contributed by atoms with E-state index in [9.17, 15) is 8.42 Å². The third-order valence-electron chi connectivity index (χ3n) is 4.80. The van der Waals surface area contributed by atoms with Crippen molar-refractivity contribution in [3.05, 3.63) is 54.8 Å². The van der Waals surface area contributed by atoms with E-state index in [1.807, 2.05) is 6.07 Å². The highest BCUT2D eigenvalue weighted by Crippen LogP contribution is 2.30. The molecule has 2 aromatic carbocycles. The maximum Gasteiger partial charge on any atom is 0.261 e. The zero-order chi connectivity index (χ0) is 18.7. The SMILES string of the molecule is Cl.O=S(=O)(Nc1cc(NCCN2CCCC2)c2occc2c1)c1ccccc1. The van der Waals surface area contributed by atoms with Crippen LogP contribution < -0.4 is 10.0 Å². The normalized spacial score (nSPS) is 14.7. The van der Waals surface area contributed by atoms with E-state index < -0.39 is 10.0 Å². The van der Waals surface area contributed by atoms with Gasteiger partial charge in [-0.25, -0.2) is 8.42 Å². The first-order valence-electron chi connectivity index (χ1n) is 9.17. The Hall–Kier alpha value is -2.22. The highest BCUT2D eigenvalue weighted by molar-refractivity contribution is 7.92. The van der Waals surface area contributed by atoms with Crippen LogP contribution in [0.5, 0.6) is 0 Å². The fourth-order valence-corrected chi connectivity index (χ4v) is 4.50. The van der Waals surface area contributed by atoms with Crippen molar-refractivity contribution in [3.63, 3.8) is 0 Å². The number of halogens is 1. The van der Waals surface area contributed by atoms with E-state index in [0.29, 0.717) is 5.69 Å². The molecule has 0 atom stereocenters. The monoisotopic (exact) mass is 421 g/mol. The molecular weight excluding hydrogens is 398 g/mol. The van der Waals surface area contributed by atoms with Crippen LogP contribution in [-0.2, 0) is 10.0 Å². The summed E-state index contributed by atoms with van der Waals surface area (Å²) in [6.45, 7) is 4.04. The molecule has 2 N–H and O–H groups in total. The molecule has 0 saturated carbocycles.